The summed E-state index contributed by atoms with van der Waals surface area (Å²) in [7, 11) is 0. The van der Waals surface area contributed by atoms with Crippen molar-refractivity contribution in [1.82, 2.24) is 10.2 Å². The molecule has 0 aliphatic heterocycles. The van der Waals surface area contributed by atoms with Gasteiger partial charge in [-0.25, -0.2) is 4.79 Å². The zero-order chi connectivity index (χ0) is 29.0. The van der Waals surface area contributed by atoms with Crippen LogP contribution < -0.4 is 10.6 Å². The third kappa shape index (κ3) is 8.07. The van der Waals surface area contributed by atoms with E-state index in [1.807, 2.05) is 97.9 Å². The Morgan fingerprint density at radius 1 is 0.868 bits per heavy atom. The minimum Gasteiger partial charge on any atom is -0.444 e. The standard InChI is InChI=1S/C31H45N3O4/c1-19(2)25(33-29(37)38-31(9,10)11)28(36)34(30(6,7)8)26(23-18-20(3)16-17-21(23)4)27(35)32-24-15-13-12-14-22(24)5/h12-19,25-26H,1-11H3,(H,32,35)(H,33,37). The van der Waals surface area contributed by atoms with Gasteiger partial charge in [-0.2, -0.15) is 0 Å². The molecule has 0 bridgehead atoms. The van der Waals surface area contributed by atoms with Crippen molar-refractivity contribution in [2.24, 2.45) is 5.92 Å². The van der Waals surface area contributed by atoms with Gasteiger partial charge in [-0.05, 0) is 91.0 Å². The highest BCUT2D eigenvalue weighted by Gasteiger charge is 2.43. The Bertz CT molecular complexity index is 1160. The molecule has 0 spiro atoms. The van der Waals surface area contributed by atoms with Crippen molar-refractivity contribution in [2.75, 3.05) is 5.32 Å². The molecule has 38 heavy (non-hydrogen) atoms. The van der Waals surface area contributed by atoms with Gasteiger partial charge in [0.05, 0.1) is 0 Å². The second-order valence-corrected chi connectivity index (χ2v) is 12.3. The fourth-order valence-electron chi connectivity index (χ4n) is 4.31. The van der Waals surface area contributed by atoms with Gasteiger partial charge in [-0.1, -0.05) is 55.8 Å². The fraction of sp³-hybridized carbons (Fsp3) is 0.516. The minimum absolute atomic E-state index is 0.251. The molecule has 3 amide bonds. The summed E-state index contributed by atoms with van der Waals surface area (Å²) in [6.07, 6.45) is -0.675. The number of nitrogens with one attached hydrogen (secondary N) is 2. The number of carbonyl (C=O) groups is 3. The number of anilines is 1. The third-order valence-corrected chi connectivity index (χ3v) is 6.20. The number of nitrogens with zero attached hydrogens (tertiary/aromatic N) is 1. The van der Waals surface area contributed by atoms with Crippen molar-refractivity contribution in [3.63, 3.8) is 0 Å². The number of aryl methyl sites for hydroxylation is 3. The van der Waals surface area contributed by atoms with Gasteiger partial charge in [0.25, 0.3) is 5.91 Å². The molecule has 2 rings (SSSR count). The SMILES string of the molecule is Cc1ccc(C)c(C(C(=O)Nc2ccccc2C)N(C(=O)C(NC(=O)OC(C)(C)C)C(C)C)C(C)(C)C)c1. The van der Waals surface area contributed by atoms with E-state index in [-0.39, 0.29) is 17.7 Å². The molecule has 0 radical (unpaired) electrons. The molecular formula is C31H45N3O4. The van der Waals surface area contributed by atoms with Crippen molar-refractivity contribution in [3.8, 4) is 0 Å². The number of benzene rings is 2. The van der Waals surface area contributed by atoms with Crippen LogP contribution in [0.3, 0.4) is 0 Å². The van der Waals surface area contributed by atoms with Crippen molar-refractivity contribution < 1.29 is 19.1 Å². The number of ether oxygens (including phenoxy) is 1. The van der Waals surface area contributed by atoms with Crippen LogP contribution in [0.15, 0.2) is 42.5 Å². The number of alkyl carbamates (subject to hydrolysis) is 1. The Balaban J connectivity index is 2.65. The molecule has 2 aromatic rings. The minimum atomic E-state index is -0.941. The molecule has 7 nitrogen and oxygen atoms in total. The Labute approximate surface area is 228 Å². The van der Waals surface area contributed by atoms with Gasteiger partial charge in [-0.15, -0.1) is 0 Å². The van der Waals surface area contributed by atoms with Gasteiger partial charge in [0.2, 0.25) is 5.91 Å². The van der Waals surface area contributed by atoms with Crippen LogP contribution in [0.25, 0.3) is 0 Å². The highest BCUT2D eigenvalue weighted by Crippen LogP contribution is 2.34. The molecule has 2 atom stereocenters. The second-order valence-electron chi connectivity index (χ2n) is 12.3. The predicted molar refractivity (Wildman–Crippen MR) is 153 cm³/mol. The monoisotopic (exact) mass is 523 g/mol. The van der Waals surface area contributed by atoms with Gasteiger partial charge < -0.3 is 20.3 Å². The lowest BCUT2D eigenvalue weighted by molar-refractivity contribution is -0.147. The van der Waals surface area contributed by atoms with E-state index in [9.17, 15) is 14.4 Å². The van der Waals surface area contributed by atoms with Gasteiger partial charge >= 0.3 is 6.09 Å². The van der Waals surface area contributed by atoms with E-state index in [0.717, 1.165) is 22.3 Å². The summed E-state index contributed by atoms with van der Waals surface area (Å²) in [5.74, 6) is -0.932. The van der Waals surface area contributed by atoms with E-state index in [1.54, 1.807) is 25.7 Å². The van der Waals surface area contributed by atoms with Gasteiger partial charge in [-0.3, -0.25) is 9.59 Å². The van der Waals surface area contributed by atoms with E-state index < -0.39 is 29.3 Å². The molecular weight excluding hydrogens is 478 g/mol. The van der Waals surface area contributed by atoms with Crippen LogP contribution in [-0.4, -0.2) is 40.0 Å². The average Bonchev–Trinajstić information content (AvgIpc) is 2.76. The van der Waals surface area contributed by atoms with Crippen LogP contribution in [-0.2, 0) is 14.3 Å². The maximum atomic E-state index is 14.3. The molecule has 0 aliphatic carbocycles. The van der Waals surface area contributed by atoms with Crippen molar-refractivity contribution >= 4 is 23.6 Å². The lowest BCUT2D eigenvalue weighted by Crippen LogP contribution is -2.59. The summed E-state index contributed by atoms with van der Waals surface area (Å²) in [6.45, 7) is 20.6. The molecule has 2 unspecified atom stereocenters. The maximum absolute atomic E-state index is 14.3. The summed E-state index contributed by atoms with van der Waals surface area (Å²) in [6, 6.07) is 11.6. The lowest BCUT2D eigenvalue weighted by atomic mass is 9.90. The summed E-state index contributed by atoms with van der Waals surface area (Å²) in [5, 5.41) is 5.83. The summed E-state index contributed by atoms with van der Waals surface area (Å²) in [5.41, 5.74) is 2.73. The molecule has 208 valence electrons. The summed E-state index contributed by atoms with van der Waals surface area (Å²) < 4.78 is 5.45. The predicted octanol–water partition coefficient (Wildman–Crippen LogP) is 6.47. The largest absolute Gasteiger partial charge is 0.444 e. The molecule has 2 aromatic carbocycles. The molecule has 2 N–H and O–H groups in total. The van der Waals surface area contributed by atoms with Crippen LogP contribution in [0.2, 0.25) is 0 Å². The zero-order valence-corrected chi connectivity index (χ0v) is 24.9. The Kier molecular flexibility index (Phi) is 9.76. The van der Waals surface area contributed by atoms with E-state index in [2.05, 4.69) is 10.6 Å². The number of rotatable bonds is 7. The molecule has 0 saturated carbocycles. The van der Waals surface area contributed by atoms with Crippen LogP contribution in [0.5, 0.6) is 0 Å². The highest BCUT2D eigenvalue weighted by molar-refractivity contribution is 6.00. The van der Waals surface area contributed by atoms with E-state index in [0.29, 0.717) is 5.69 Å². The Hall–Kier alpha value is -3.35. The van der Waals surface area contributed by atoms with Crippen LogP contribution in [0, 0.1) is 26.7 Å². The maximum Gasteiger partial charge on any atom is 0.408 e. The molecule has 0 saturated heterocycles. The molecule has 7 heteroatoms. The molecule has 0 aromatic heterocycles. The Morgan fingerprint density at radius 2 is 1.47 bits per heavy atom. The van der Waals surface area contributed by atoms with Crippen molar-refractivity contribution in [2.45, 2.75) is 99.4 Å². The first-order valence-corrected chi connectivity index (χ1v) is 13.2. The van der Waals surface area contributed by atoms with Crippen LogP contribution in [0.4, 0.5) is 10.5 Å². The van der Waals surface area contributed by atoms with Crippen molar-refractivity contribution in [3.05, 3.63) is 64.7 Å². The zero-order valence-electron chi connectivity index (χ0n) is 24.9. The first-order chi connectivity index (χ1) is 17.4. The summed E-state index contributed by atoms with van der Waals surface area (Å²) in [4.78, 5) is 42.8. The number of amides is 3. The number of carbonyl (C=O) groups excluding carboxylic acids is 3. The topological polar surface area (TPSA) is 87.7 Å². The van der Waals surface area contributed by atoms with Gasteiger partial charge in [0, 0.05) is 11.2 Å². The van der Waals surface area contributed by atoms with Crippen molar-refractivity contribution in [1.29, 1.82) is 0 Å². The number of hydrogen-bond donors (Lipinski definition) is 2. The van der Waals surface area contributed by atoms with Gasteiger partial charge in [0.1, 0.15) is 17.7 Å². The Morgan fingerprint density at radius 3 is 2.00 bits per heavy atom. The molecule has 0 heterocycles. The highest BCUT2D eigenvalue weighted by atomic mass is 16.6. The number of hydrogen-bond acceptors (Lipinski definition) is 4. The van der Waals surface area contributed by atoms with E-state index in [4.69, 9.17) is 4.74 Å². The smallest absolute Gasteiger partial charge is 0.408 e. The third-order valence-electron chi connectivity index (χ3n) is 6.20. The normalized spacial score (nSPS) is 13.5. The van der Waals surface area contributed by atoms with Crippen LogP contribution in [0.1, 0.15) is 83.7 Å². The quantitative estimate of drug-likeness (QED) is 0.435. The second kappa shape index (κ2) is 12.0. The first-order valence-electron chi connectivity index (χ1n) is 13.2. The van der Waals surface area contributed by atoms with Crippen LogP contribution >= 0.6 is 0 Å². The molecule has 0 fully saturated rings. The average molecular weight is 524 g/mol. The summed E-state index contributed by atoms with van der Waals surface area (Å²) >= 11 is 0. The van der Waals surface area contributed by atoms with E-state index in [1.165, 1.54) is 0 Å². The van der Waals surface area contributed by atoms with E-state index >= 15 is 0 Å². The fourth-order valence-corrected chi connectivity index (χ4v) is 4.31. The van der Waals surface area contributed by atoms with Gasteiger partial charge in [0.15, 0.2) is 0 Å². The molecule has 0 aliphatic rings. The first kappa shape index (κ1) is 30.9. The number of para-hydroxylation sites is 1. The lowest BCUT2D eigenvalue weighted by Gasteiger charge is -2.44.